The minimum atomic E-state index is -1.09. The highest BCUT2D eigenvalue weighted by Gasteiger charge is 2.14. The van der Waals surface area contributed by atoms with Gasteiger partial charge in [-0.2, -0.15) is 0 Å². The van der Waals surface area contributed by atoms with Crippen molar-refractivity contribution in [2.75, 3.05) is 5.32 Å². The van der Waals surface area contributed by atoms with Gasteiger partial charge in [0.2, 0.25) is 0 Å². The second-order valence-electron chi connectivity index (χ2n) is 4.19. The van der Waals surface area contributed by atoms with Crippen molar-refractivity contribution in [1.82, 2.24) is 5.32 Å². The van der Waals surface area contributed by atoms with E-state index in [1.54, 1.807) is 31.2 Å². The molecule has 1 heterocycles. The highest BCUT2D eigenvalue weighted by atomic mass is 16.4. The molecule has 6 nitrogen and oxygen atoms in total. The molecule has 2 amide bonds. The molecule has 0 aliphatic heterocycles. The molecular formula is C14H14N2O4. The van der Waals surface area contributed by atoms with Crippen LogP contribution in [0.4, 0.5) is 10.5 Å². The first-order valence-electron chi connectivity index (χ1n) is 5.98. The van der Waals surface area contributed by atoms with Crippen molar-refractivity contribution < 1.29 is 19.1 Å². The fourth-order valence-electron chi connectivity index (χ4n) is 1.75. The second-order valence-corrected chi connectivity index (χ2v) is 4.19. The Morgan fingerprint density at radius 3 is 2.70 bits per heavy atom. The summed E-state index contributed by atoms with van der Waals surface area (Å²) in [5, 5.41) is 14.2. The Labute approximate surface area is 115 Å². The largest absolute Gasteiger partial charge is 0.478 e. The molecule has 0 aliphatic carbocycles. The molecule has 0 bridgehead atoms. The number of furan rings is 1. The first kappa shape index (κ1) is 13.7. The summed E-state index contributed by atoms with van der Waals surface area (Å²) in [7, 11) is 0. The fraction of sp³-hybridized carbons (Fsp3) is 0.143. The number of aromatic carboxylic acids is 1. The molecule has 0 spiro atoms. The molecule has 0 atom stereocenters. The van der Waals surface area contributed by atoms with Crippen LogP contribution in [0.2, 0.25) is 0 Å². The van der Waals surface area contributed by atoms with Crippen LogP contribution >= 0.6 is 0 Å². The number of nitrogens with one attached hydrogen (secondary N) is 2. The molecule has 3 N–H and O–H groups in total. The van der Waals surface area contributed by atoms with Crippen molar-refractivity contribution in [3.63, 3.8) is 0 Å². The molecule has 2 rings (SSSR count). The number of hydrogen-bond acceptors (Lipinski definition) is 3. The van der Waals surface area contributed by atoms with Gasteiger partial charge >= 0.3 is 12.0 Å². The van der Waals surface area contributed by atoms with Crippen LogP contribution in [0, 0.1) is 6.92 Å². The van der Waals surface area contributed by atoms with E-state index in [-0.39, 0.29) is 17.8 Å². The van der Waals surface area contributed by atoms with Crippen LogP contribution in [0.3, 0.4) is 0 Å². The van der Waals surface area contributed by atoms with E-state index in [1.807, 2.05) is 0 Å². The lowest BCUT2D eigenvalue weighted by atomic mass is 10.1. The smallest absolute Gasteiger partial charge is 0.337 e. The van der Waals surface area contributed by atoms with Crippen molar-refractivity contribution in [2.45, 2.75) is 13.5 Å². The van der Waals surface area contributed by atoms with Gasteiger partial charge in [0, 0.05) is 0 Å². The molecule has 0 saturated heterocycles. The number of carbonyl (C=O) groups excluding carboxylic acids is 1. The summed E-state index contributed by atoms with van der Waals surface area (Å²) in [6.07, 6.45) is 1.51. The van der Waals surface area contributed by atoms with E-state index in [0.717, 1.165) is 0 Å². The van der Waals surface area contributed by atoms with Gasteiger partial charge in [0.15, 0.2) is 0 Å². The Bertz CT molecular complexity index is 620. The Kier molecular flexibility index (Phi) is 4.05. The third kappa shape index (κ3) is 3.17. The number of hydrogen-bond donors (Lipinski definition) is 3. The number of carboxylic acid groups (broad SMARTS) is 1. The van der Waals surface area contributed by atoms with Crippen molar-refractivity contribution in [3.8, 4) is 0 Å². The van der Waals surface area contributed by atoms with Gasteiger partial charge in [-0.3, -0.25) is 0 Å². The first-order valence-corrected chi connectivity index (χ1v) is 5.98. The van der Waals surface area contributed by atoms with Crippen molar-refractivity contribution in [3.05, 3.63) is 53.5 Å². The monoisotopic (exact) mass is 274 g/mol. The van der Waals surface area contributed by atoms with E-state index in [1.165, 1.54) is 12.3 Å². The zero-order chi connectivity index (χ0) is 14.5. The number of aryl methyl sites for hydroxylation is 1. The van der Waals surface area contributed by atoms with E-state index in [4.69, 9.17) is 9.52 Å². The van der Waals surface area contributed by atoms with Crippen LogP contribution in [-0.2, 0) is 6.54 Å². The molecular weight excluding hydrogens is 260 g/mol. The number of amides is 2. The summed E-state index contributed by atoms with van der Waals surface area (Å²) in [6, 6.07) is 7.77. The SMILES string of the molecule is Cc1cccc(C(=O)O)c1NC(=O)NCc1ccco1. The predicted octanol–water partition coefficient (Wildman–Crippen LogP) is 2.61. The maximum Gasteiger partial charge on any atom is 0.337 e. The van der Waals surface area contributed by atoms with Crippen LogP contribution in [-0.4, -0.2) is 17.1 Å². The number of benzene rings is 1. The zero-order valence-electron chi connectivity index (χ0n) is 10.8. The van der Waals surface area contributed by atoms with Gasteiger partial charge in [0.25, 0.3) is 0 Å². The molecule has 0 aliphatic rings. The first-order chi connectivity index (χ1) is 9.58. The Hall–Kier alpha value is -2.76. The van der Waals surface area contributed by atoms with E-state index in [9.17, 15) is 9.59 Å². The van der Waals surface area contributed by atoms with Gasteiger partial charge in [0.05, 0.1) is 24.1 Å². The molecule has 6 heteroatoms. The number of rotatable bonds is 4. The van der Waals surface area contributed by atoms with E-state index < -0.39 is 12.0 Å². The average molecular weight is 274 g/mol. The van der Waals surface area contributed by atoms with Crippen molar-refractivity contribution in [1.29, 1.82) is 0 Å². The molecule has 2 aromatic rings. The lowest BCUT2D eigenvalue weighted by Gasteiger charge is -2.11. The summed E-state index contributed by atoms with van der Waals surface area (Å²) in [4.78, 5) is 22.9. The van der Waals surface area contributed by atoms with E-state index >= 15 is 0 Å². The van der Waals surface area contributed by atoms with Crippen LogP contribution in [0.5, 0.6) is 0 Å². The normalized spacial score (nSPS) is 10.1. The Morgan fingerprint density at radius 1 is 1.25 bits per heavy atom. The fourth-order valence-corrected chi connectivity index (χ4v) is 1.75. The van der Waals surface area contributed by atoms with Crippen LogP contribution in [0.25, 0.3) is 0 Å². The lowest BCUT2D eigenvalue weighted by Crippen LogP contribution is -2.29. The topological polar surface area (TPSA) is 91.6 Å². The predicted molar refractivity (Wildman–Crippen MR) is 72.7 cm³/mol. The van der Waals surface area contributed by atoms with Gasteiger partial charge in [0.1, 0.15) is 5.76 Å². The van der Waals surface area contributed by atoms with E-state index in [2.05, 4.69) is 10.6 Å². The third-order valence-corrected chi connectivity index (χ3v) is 2.75. The molecule has 0 radical (unpaired) electrons. The molecule has 0 saturated carbocycles. The number of carbonyl (C=O) groups is 2. The molecule has 0 fully saturated rings. The minimum Gasteiger partial charge on any atom is -0.478 e. The van der Waals surface area contributed by atoms with Crippen LogP contribution in [0.1, 0.15) is 21.7 Å². The van der Waals surface area contributed by atoms with Gasteiger partial charge in [-0.05, 0) is 30.7 Å². The second kappa shape index (κ2) is 5.92. The number of para-hydroxylation sites is 1. The van der Waals surface area contributed by atoms with Crippen molar-refractivity contribution in [2.24, 2.45) is 0 Å². The van der Waals surface area contributed by atoms with Gasteiger partial charge in [-0.15, -0.1) is 0 Å². The van der Waals surface area contributed by atoms with Crippen LogP contribution < -0.4 is 10.6 Å². The number of urea groups is 1. The summed E-state index contributed by atoms with van der Waals surface area (Å²) in [5.74, 6) is -0.474. The maximum absolute atomic E-state index is 11.8. The molecule has 20 heavy (non-hydrogen) atoms. The minimum absolute atomic E-state index is 0.0538. The summed E-state index contributed by atoms with van der Waals surface area (Å²) < 4.78 is 5.08. The molecule has 0 unspecified atom stereocenters. The maximum atomic E-state index is 11.8. The average Bonchev–Trinajstić information content (AvgIpc) is 2.91. The van der Waals surface area contributed by atoms with Gasteiger partial charge in [-0.1, -0.05) is 12.1 Å². The molecule has 104 valence electrons. The number of anilines is 1. The van der Waals surface area contributed by atoms with Crippen LogP contribution in [0.15, 0.2) is 41.0 Å². The number of carboxylic acids is 1. The molecule has 1 aromatic carbocycles. The Balaban J connectivity index is 2.06. The van der Waals surface area contributed by atoms with E-state index in [0.29, 0.717) is 11.3 Å². The van der Waals surface area contributed by atoms with Crippen molar-refractivity contribution >= 4 is 17.7 Å². The van der Waals surface area contributed by atoms with Gasteiger partial charge in [-0.25, -0.2) is 9.59 Å². The van der Waals surface area contributed by atoms with Gasteiger partial charge < -0.3 is 20.2 Å². The summed E-state index contributed by atoms with van der Waals surface area (Å²) >= 11 is 0. The summed E-state index contributed by atoms with van der Waals surface area (Å²) in [5.41, 5.74) is 1.02. The zero-order valence-corrected chi connectivity index (χ0v) is 10.8. The standard InChI is InChI=1S/C14H14N2O4/c1-9-4-2-6-11(13(17)18)12(9)16-14(19)15-8-10-5-3-7-20-10/h2-7H,8H2,1H3,(H,17,18)(H2,15,16,19). The summed E-state index contributed by atoms with van der Waals surface area (Å²) in [6.45, 7) is 1.96. The quantitative estimate of drug-likeness (QED) is 0.799. The third-order valence-electron chi connectivity index (χ3n) is 2.75. The highest BCUT2D eigenvalue weighted by Crippen LogP contribution is 2.20. The Morgan fingerprint density at radius 2 is 2.05 bits per heavy atom. The molecule has 1 aromatic heterocycles. The lowest BCUT2D eigenvalue weighted by molar-refractivity contribution is 0.0698. The highest BCUT2D eigenvalue weighted by molar-refractivity contribution is 6.00.